The molecule has 18 heavy (non-hydrogen) atoms. The van der Waals surface area contributed by atoms with Crippen LogP contribution >= 0.6 is 0 Å². The summed E-state index contributed by atoms with van der Waals surface area (Å²) in [6.45, 7) is 8.58. The molecule has 5 nitrogen and oxygen atoms in total. The molecule has 1 heterocycles. The summed E-state index contributed by atoms with van der Waals surface area (Å²) in [5.41, 5.74) is 1.04. The minimum absolute atomic E-state index is 0.509. The number of aromatic nitrogens is 2. The summed E-state index contributed by atoms with van der Waals surface area (Å²) in [5.74, 6) is 1.58. The molecule has 1 rings (SSSR count). The molecule has 0 saturated carbocycles. The van der Waals surface area contributed by atoms with Gasteiger partial charge in [-0.1, -0.05) is 6.92 Å². The number of hydrogen-bond acceptors (Lipinski definition) is 5. The summed E-state index contributed by atoms with van der Waals surface area (Å²) >= 11 is 0. The number of nitrogens with zero attached hydrogens (tertiary/aromatic N) is 4. The Morgan fingerprint density at radius 1 is 1.44 bits per heavy atom. The molecule has 0 amide bonds. The van der Waals surface area contributed by atoms with Crippen molar-refractivity contribution < 1.29 is 0 Å². The minimum atomic E-state index is 0.509. The number of nitriles is 1. The van der Waals surface area contributed by atoms with Crippen molar-refractivity contribution in [1.29, 1.82) is 5.26 Å². The number of hydrogen-bond donors (Lipinski definition) is 1. The van der Waals surface area contributed by atoms with Gasteiger partial charge in [-0.05, 0) is 20.3 Å². The molecule has 0 aliphatic carbocycles. The highest BCUT2D eigenvalue weighted by molar-refractivity contribution is 5.48. The highest BCUT2D eigenvalue weighted by atomic mass is 15.2. The van der Waals surface area contributed by atoms with Gasteiger partial charge in [-0.3, -0.25) is 0 Å². The van der Waals surface area contributed by atoms with Gasteiger partial charge < -0.3 is 10.2 Å². The average molecular weight is 247 g/mol. The molecule has 1 aromatic rings. The molecule has 0 bridgehead atoms. The Hall–Kier alpha value is -1.83. The van der Waals surface area contributed by atoms with Crippen LogP contribution < -0.4 is 10.2 Å². The van der Waals surface area contributed by atoms with Crippen molar-refractivity contribution in [3.05, 3.63) is 11.8 Å². The first-order valence-electron chi connectivity index (χ1n) is 6.42. The van der Waals surface area contributed by atoms with E-state index in [-0.39, 0.29) is 0 Å². The van der Waals surface area contributed by atoms with E-state index in [1.54, 1.807) is 0 Å². The van der Waals surface area contributed by atoms with Crippen LogP contribution in [0.5, 0.6) is 0 Å². The lowest BCUT2D eigenvalue weighted by molar-refractivity contribution is 0.801. The van der Waals surface area contributed by atoms with Gasteiger partial charge in [-0.15, -0.1) is 0 Å². The first-order chi connectivity index (χ1) is 8.72. The van der Waals surface area contributed by atoms with E-state index < -0.39 is 0 Å². The van der Waals surface area contributed by atoms with Crippen molar-refractivity contribution in [3.8, 4) is 6.07 Å². The zero-order chi connectivity index (χ0) is 13.4. The highest BCUT2D eigenvalue weighted by Crippen LogP contribution is 2.18. The SMILES string of the molecule is CCCNc1ncc(C)c(N(CC)CCC#N)n1. The lowest BCUT2D eigenvalue weighted by Crippen LogP contribution is -2.26. The minimum Gasteiger partial charge on any atom is -0.355 e. The van der Waals surface area contributed by atoms with Crippen LogP contribution in [0.4, 0.5) is 11.8 Å². The van der Waals surface area contributed by atoms with Gasteiger partial charge in [-0.2, -0.15) is 10.2 Å². The lowest BCUT2D eigenvalue weighted by Gasteiger charge is -2.22. The standard InChI is InChI=1S/C13H21N5/c1-4-8-15-13-16-10-11(3)12(17-13)18(5-2)9-6-7-14/h10H,4-6,8-9H2,1-3H3,(H,15,16,17). The Morgan fingerprint density at radius 2 is 2.22 bits per heavy atom. The largest absolute Gasteiger partial charge is 0.355 e. The van der Waals surface area contributed by atoms with Crippen molar-refractivity contribution in [2.45, 2.75) is 33.6 Å². The van der Waals surface area contributed by atoms with E-state index in [0.29, 0.717) is 18.9 Å². The smallest absolute Gasteiger partial charge is 0.224 e. The molecule has 0 unspecified atom stereocenters. The van der Waals surface area contributed by atoms with Crippen LogP contribution in [0, 0.1) is 18.3 Å². The van der Waals surface area contributed by atoms with Gasteiger partial charge in [0.15, 0.2) is 0 Å². The quantitative estimate of drug-likeness (QED) is 0.801. The summed E-state index contributed by atoms with van der Waals surface area (Å²) < 4.78 is 0. The predicted molar refractivity (Wildman–Crippen MR) is 73.7 cm³/mol. The zero-order valence-electron chi connectivity index (χ0n) is 11.4. The van der Waals surface area contributed by atoms with Crippen LogP contribution in [0.15, 0.2) is 6.20 Å². The van der Waals surface area contributed by atoms with E-state index in [1.165, 1.54) is 0 Å². The van der Waals surface area contributed by atoms with Gasteiger partial charge >= 0.3 is 0 Å². The lowest BCUT2D eigenvalue weighted by atomic mass is 10.3. The molecular formula is C13H21N5. The first kappa shape index (κ1) is 14.2. The molecule has 0 spiro atoms. The monoisotopic (exact) mass is 247 g/mol. The third-order valence-corrected chi connectivity index (χ3v) is 2.65. The Morgan fingerprint density at radius 3 is 2.83 bits per heavy atom. The fourth-order valence-electron chi connectivity index (χ4n) is 1.67. The van der Waals surface area contributed by atoms with Gasteiger partial charge in [0.1, 0.15) is 5.82 Å². The Labute approximate surface area is 109 Å². The van der Waals surface area contributed by atoms with E-state index >= 15 is 0 Å². The van der Waals surface area contributed by atoms with Gasteiger partial charge in [0.2, 0.25) is 5.95 Å². The van der Waals surface area contributed by atoms with Crippen molar-refractivity contribution in [3.63, 3.8) is 0 Å². The summed E-state index contributed by atoms with van der Waals surface area (Å²) in [7, 11) is 0. The van der Waals surface area contributed by atoms with Gasteiger partial charge in [-0.25, -0.2) is 4.98 Å². The molecule has 1 aromatic heterocycles. The number of aryl methyl sites for hydroxylation is 1. The molecule has 0 aliphatic rings. The Balaban J connectivity index is 2.87. The normalized spacial score (nSPS) is 9.89. The summed E-state index contributed by atoms with van der Waals surface area (Å²) in [5, 5.41) is 11.9. The van der Waals surface area contributed by atoms with E-state index in [2.05, 4.69) is 40.1 Å². The zero-order valence-corrected chi connectivity index (χ0v) is 11.4. The molecule has 0 fully saturated rings. The van der Waals surface area contributed by atoms with Crippen molar-refractivity contribution in [1.82, 2.24) is 9.97 Å². The highest BCUT2D eigenvalue weighted by Gasteiger charge is 2.10. The van der Waals surface area contributed by atoms with Gasteiger partial charge in [0.25, 0.3) is 0 Å². The molecular weight excluding hydrogens is 226 g/mol. The van der Waals surface area contributed by atoms with Crippen LogP contribution in [-0.2, 0) is 0 Å². The van der Waals surface area contributed by atoms with Gasteiger partial charge in [0.05, 0.1) is 12.5 Å². The number of nitrogens with one attached hydrogen (secondary N) is 1. The predicted octanol–water partition coefficient (Wildman–Crippen LogP) is 2.35. The maximum absolute atomic E-state index is 8.68. The molecule has 5 heteroatoms. The Kier molecular flexibility index (Phi) is 5.92. The summed E-state index contributed by atoms with van der Waals surface area (Å²) in [4.78, 5) is 10.9. The van der Waals surface area contributed by atoms with Crippen LogP contribution in [0.3, 0.4) is 0 Å². The second kappa shape index (κ2) is 7.49. The second-order valence-electron chi connectivity index (χ2n) is 4.11. The van der Waals surface area contributed by atoms with Crippen LogP contribution in [0.2, 0.25) is 0 Å². The molecule has 0 saturated heterocycles. The molecule has 0 atom stereocenters. The maximum Gasteiger partial charge on any atom is 0.224 e. The van der Waals surface area contributed by atoms with Crippen molar-refractivity contribution >= 4 is 11.8 Å². The van der Waals surface area contributed by atoms with Crippen LogP contribution in [-0.4, -0.2) is 29.6 Å². The molecule has 0 aliphatic heterocycles. The summed E-state index contributed by atoms with van der Waals surface area (Å²) in [6, 6.07) is 2.17. The molecule has 98 valence electrons. The number of anilines is 2. The van der Waals surface area contributed by atoms with E-state index in [9.17, 15) is 0 Å². The van der Waals surface area contributed by atoms with Crippen molar-refractivity contribution in [2.24, 2.45) is 0 Å². The fraction of sp³-hybridized carbons (Fsp3) is 0.615. The third kappa shape index (κ3) is 3.88. The van der Waals surface area contributed by atoms with E-state index in [4.69, 9.17) is 5.26 Å². The van der Waals surface area contributed by atoms with E-state index in [1.807, 2.05) is 13.1 Å². The average Bonchev–Trinajstić information content (AvgIpc) is 2.39. The van der Waals surface area contributed by atoms with E-state index in [0.717, 1.165) is 30.9 Å². The molecule has 0 aromatic carbocycles. The first-order valence-corrected chi connectivity index (χ1v) is 6.42. The van der Waals surface area contributed by atoms with Crippen molar-refractivity contribution in [2.75, 3.05) is 29.9 Å². The molecule has 1 N–H and O–H groups in total. The fourth-order valence-corrected chi connectivity index (χ4v) is 1.67. The summed E-state index contributed by atoms with van der Waals surface area (Å²) in [6.07, 6.45) is 3.38. The maximum atomic E-state index is 8.68. The Bertz CT molecular complexity index is 410. The van der Waals surface area contributed by atoms with Crippen LogP contribution in [0.25, 0.3) is 0 Å². The van der Waals surface area contributed by atoms with Crippen LogP contribution in [0.1, 0.15) is 32.3 Å². The number of rotatable bonds is 7. The topological polar surface area (TPSA) is 64.8 Å². The third-order valence-electron chi connectivity index (χ3n) is 2.65. The van der Waals surface area contributed by atoms with Gasteiger partial charge in [0, 0.05) is 31.4 Å². The molecule has 0 radical (unpaired) electrons. The second-order valence-corrected chi connectivity index (χ2v) is 4.11.